The van der Waals surface area contributed by atoms with Crippen molar-refractivity contribution in [1.82, 2.24) is 19.9 Å². The number of aromatic nitrogens is 3. The summed E-state index contributed by atoms with van der Waals surface area (Å²) in [7, 11) is 0. The lowest BCUT2D eigenvalue weighted by molar-refractivity contribution is -0.118. The molecule has 10 nitrogen and oxygen atoms in total. The minimum absolute atomic E-state index is 0.106. The fourth-order valence-electron chi connectivity index (χ4n) is 5.50. The average Bonchev–Trinajstić information content (AvgIpc) is 3.39. The maximum atomic E-state index is 14.2. The zero-order valence-electron chi connectivity index (χ0n) is 18.8. The molecule has 5 heterocycles. The first-order valence-electron chi connectivity index (χ1n) is 11.5. The molecule has 2 amide bonds. The Morgan fingerprint density at radius 3 is 2.76 bits per heavy atom. The number of hydrogen-bond acceptors (Lipinski definition) is 8. The van der Waals surface area contributed by atoms with Gasteiger partial charge in [0.05, 0.1) is 18.9 Å². The summed E-state index contributed by atoms with van der Waals surface area (Å²) in [5.74, 6) is 0.618. The van der Waals surface area contributed by atoms with Crippen LogP contribution in [0, 0.1) is 18.7 Å². The summed E-state index contributed by atoms with van der Waals surface area (Å²) in [6, 6.07) is 0. The van der Waals surface area contributed by atoms with E-state index in [1.807, 2.05) is 6.92 Å². The predicted molar refractivity (Wildman–Crippen MR) is 118 cm³/mol. The van der Waals surface area contributed by atoms with Gasteiger partial charge in [0.25, 0.3) is 11.8 Å². The van der Waals surface area contributed by atoms with E-state index in [0.29, 0.717) is 31.1 Å². The number of anilines is 2. The summed E-state index contributed by atoms with van der Waals surface area (Å²) in [4.78, 5) is 40.8. The van der Waals surface area contributed by atoms with Gasteiger partial charge in [0.2, 0.25) is 0 Å². The lowest BCUT2D eigenvalue weighted by Gasteiger charge is -2.38. The number of carbonyl (C=O) groups is 2. The monoisotopic (exact) mass is 468 g/mol. The maximum absolute atomic E-state index is 14.2. The zero-order chi connectivity index (χ0) is 23.4. The van der Waals surface area contributed by atoms with Crippen LogP contribution in [0.4, 0.5) is 20.8 Å². The number of amides is 2. The van der Waals surface area contributed by atoms with Crippen molar-refractivity contribution in [2.75, 3.05) is 43.0 Å². The standard InChI is InChI=1S/C23H25FN6O4/c1-13-15-6-14(7-16(15)17(24)8-25-13)10-29-4-2-23(3-5-29)12-30(22(32)34-23)18-9-26-21-20(27-18)28-19(31)11-33-21/h8-9,14H,2-7,10-12H2,1H3,(H,27,28,31). The van der Waals surface area contributed by atoms with Gasteiger partial charge in [0.1, 0.15) is 11.4 Å². The lowest BCUT2D eigenvalue weighted by Crippen LogP contribution is -2.48. The summed E-state index contributed by atoms with van der Waals surface area (Å²) in [6.45, 7) is 4.70. The quantitative estimate of drug-likeness (QED) is 0.727. The second-order valence-corrected chi connectivity index (χ2v) is 9.58. The summed E-state index contributed by atoms with van der Waals surface area (Å²) >= 11 is 0. The number of nitrogens with zero attached hydrogens (tertiary/aromatic N) is 5. The third kappa shape index (κ3) is 3.64. The third-order valence-electron chi connectivity index (χ3n) is 7.30. The number of aryl methyl sites for hydroxylation is 1. The maximum Gasteiger partial charge on any atom is 0.416 e. The molecule has 2 aromatic rings. The Morgan fingerprint density at radius 2 is 1.97 bits per heavy atom. The minimum atomic E-state index is -0.573. The van der Waals surface area contributed by atoms with E-state index in [2.05, 4.69) is 25.2 Å². The first kappa shape index (κ1) is 21.2. The van der Waals surface area contributed by atoms with Crippen LogP contribution in [0.2, 0.25) is 0 Å². The van der Waals surface area contributed by atoms with Crippen LogP contribution in [0.25, 0.3) is 0 Å². The van der Waals surface area contributed by atoms with Gasteiger partial charge in [-0.15, -0.1) is 0 Å². The smallest absolute Gasteiger partial charge is 0.416 e. The van der Waals surface area contributed by atoms with Crippen LogP contribution in [-0.2, 0) is 22.4 Å². The molecule has 6 rings (SSSR count). The van der Waals surface area contributed by atoms with Crippen molar-refractivity contribution >= 4 is 23.6 Å². The highest BCUT2D eigenvalue weighted by Crippen LogP contribution is 2.37. The van der Waals surface area contributed by atoms with Gasteiger partial charge < -0.3 is 19.7 Å². The zero-order valence-corrected chi connectivity index (χ0v) is 18.8. The molecule has 4 aliphatic rings. The molecule has 0 bridgehead atoms. The number of ether oxygens (including phenoxy) is 2. The molecule has 1 aliphatic carbocycles. The number of fused-ring (bicyclic) bond motifs is 2. The van der Waals surface area contributed by atoms with Crippen molar-refractivity contribution in [2.24, 2.45) is 5.92 Å². The molecule has 0 aromatic carbocycles. The van der Waals surface area contributed by atoms with Gasteiger partial charge in [0, 0.05) is 38.2 Å². The summed E-state index contributed by atoms with van der Waals surface area (Å²) in [5, 5.41) is 2.61. The van der Waals surface area contributed by atoms with Crippen molar-refractivity contribution in [3.8, 4) is 5.88 Å². The first-order valence-corrected chi connectivity index (χ1v) is 11.5. The molecule has 1 spiro atoms. The normalized spacial score (nSPS) is 23.4. The molecule has 178 valence electrons. The number of halogens is 1. The van der Waals surface area contributed by atoms with Crippen molar-refractivity contribution in [3.63, 3.8) is 0 Å². The third-order valence-corrected chi connectivity index (χ3v) is 7.30. The second kappa shape index (κ2) is 7.86. The highest BCUT2D eigenvalue weighted by Gasteiger charge is 2.48. The second-order valence-electron chi connectivity index (χ2n) is 9.58. The largest absolute Gasteiger partial charge is 0.465 e. The first-order chi connectivity index (χ1) is 16.4. The van der Waals surface area contributed by atoms with Crippen LogP contribution in [0.1, 0.15) is 29.7 Å². The number of rotatable bonds is 3. The Hall–Kier alpha value is -3.34. The van der Waals surface area contributed by atoms with Crippen molar-refractivity contribution in [3.05, 3.63) is 35.0 Å². The summed E-state index contributed by atoms with van der Waals surface area (Å²) in [6.07, 6.45) is 5.34. The minimum Gasteiger partial charge on any atom is -0.465 e. The van der Waals surface area contributed by atoms with Gasteiger partial charge in [-0.2, -0.15) is 0 Å². The Bertz CT molecular complexity index is 1150. The molecular weight excluding hydrogens is 443 g/mol. The van der Waals surface area contributed by atoms with Gasteiger partial charge in [0.15, 0.2) is 18.2 Å². The van der Waals surface area contributed by atoms with E-state index in [9.17, 15) is 14.0 Å². The molecule has 0 radical (unpaired) electrons. The fourth-order valence-corrected chi connectivity index (χ4v) is 5.50. The van der Waals surface area contributed by atoms with Crippen LogP contribution >= 0.6 is 0 Å². The number of carbonyl (C=O) groups excluding carboxylic acids is 2. The van der Waals surface area contributed by atoms with Gasteiger partial charge in [-0.3, -0.25) is 14.7 Å². The van der Waals surface area contributed by atoms with Gasteiger partial charge in [-0.05, 0) is 36.8 Å². The highest BCUT2D eigenvalue weighted by molar-refractivity contribution is 5.94. The van der Waals surface area contributed by atoms with E-state index in [1.54, 1.807) is 0 Å². The van der Waals surface area contributed by atoms with Crippen molar-refractivity contribution < 1.29 is 23.5 Å². The van der Waals surface area contributed by atoms with E-state index in [1.165, 1.54) is 17.3 Å². The van der Waals surface area contributed by atoms with Gasteiger partial charge in [-0.25, -0.2) is 19.2 Å². The van der Waals surface area contributed by atoms with Crippen molar-refractivity contribution in [1.29, 1.82) is 0 Å². The molecule has 2 fully saturated rings. The van der Waals surface area contributed by atoms with Gasteiger partial charge >= 0.3 is 6.09 Å². The van der Waals surface area contributed by atoms with Crippen LogP contribution in [-0.4, -0.2) is 70.2 Å². The van der Waals surface area contributed by atoms with Gasteiger partial charge in [-0.1, -0.05) is 0 Å². The Kier molecular flexibility index (Phi) is 4.91. The van der Waals surface area contributed by atoms with Crippen LogP contribution in [0.15, 0.2) is 12.4 Å². The van der Waals surface area contributed by atoms with E-state index in [0.717, 1.165) is 49.3 Å². The number of pyridine rings is 1. The molecule has 2 aromatic heterocycles. The molecular formula is C23H25FN6O4. The molecule has 34 heavy (non-hydrogen) atoms. The van der Waals surface area contributed by atoms with Crippen LogP contribution in [0.3, 0.4) is 0 Å². The molecule has 1 N–H and O–H groups in total. The summed E-state index contributed by atoms with van der Waals surface area (Å²) in [5.41, 5.74) is 2.23. The van der Waals surface area contributed by atoms with Crippen molar-refractivity contribution in [2.45, 2.75) is 38.2 Å². The van der Waals surface area contributed by atoms with Crippen LogP contribution < -0.4 is 15.0 Å². The number of hydrogen-bond donors (Lipinski definition) is 1. The lowest BCUT2D eigenvalue weighted by atomic mass is 9.90. The highest BCUT2D eigenvalue weighted by atomic mass is 19.1. The Balaban J connectivity index is 1.09. The Morgan fingerprint density at radius 1 is 1.18 bits per heavy atom. The van der Waals surface area contributed by atoms with E-state index >= 15 is 0 Å². The molecule has 0 saturated carbocycles. The molecule has 2 saturated heterocycles. The van der Waals surface area contributed by atoms with E-state index < -0.39 is 11.7 Å². The number of piperidine rings is 1. The predicted octanol–water partition coefficient (Wildman–Crippen LogP) is 1.86. The number of likely N-dealkylation sites (tertiary alicyclic amines) is 1. The number of nitrogens with one attached hydrogen (secondary N) is 1. The molecule has 11 heteroatoms. The Labute approximate surface area is 195 Å². The SMILES string of the molecule is Cc1ncc(F)c2c1CC(CN1CCC3(CC1)CN(c1cnc4c(n1)NC(=O)CO4)C(=O)O3)C2. The molecule has 1 unspecified atom stereocenters. The molecule has 1 atom stereocenters. The average molecular weight is 468 g/mol. The molecule has 3 aliphatic heterocycles. The fraction of sp³-hybridized carbons (Fsp3) is 0.522. The summed E-state index contributed by atoms with van der Waals surface area (Å²) < 4.78 is 25.3. The van der Waals surface area contributed by atoms with Crippen LogP contribution in [0.5, 0.6) is 5.88 Å². The topological polar surface area (TPSA) is 110 Å². The van der Waals surface area contributed by atoms with E-state index in [-0.39, 0.29) is 30.0 Å². The van der Waals surface area contributed by atoms with E-state index in [4.69, 9.17) is 9.47 Å².